The van der Waals surface area contributed by atoms with Crippen LogP contribution in [0.2, 0.25) is 0 Å². The Labute approximate surface area is 132 Å². The highest BCUT2D eigenvalue weighted by Crippen LogP contribution is 2.19. The molecule has 0 amide bonds. The smallest absolute Gasteiger partial charge is 0.481 e. The first-order chi connectivity index (χ1) is 10.4. The standard InChI is InChI=1S/C13H27NO7Si/c1-5-11(14-10(13(17)18)9-12(15)16)22(19-6-2,20-7-3)21-8-4/h10-11,14H,5-9H2,1-4H3,(H,15,16)(H,17,18). The number of carboxylic acids is 2. The Morgan fingerprint density at radius 2 is 1.45 bits per heavy atom. The van der Waals surface area contributed by atoms with Crippen LogP contribution in [0.3, 0.4) is 0 Å². The van der Waals surface area contributed by atoms with Gasteiger partial charge in [-0.25, -0.2) is 0 Å². The number of rotatable bonds is 13. The zero-order valence-electron chi connectivity index (χ0n) is 13.6. The Bertz CT molecular complexity index is 336. The van der Waals surface area contributed by atoms with Crippen LogP contribution in [0.5, 0.6) is 0 Å². The molecule has 2 unspecified atom stereocenters. The number of carbonyl (C=O) groups is 2. The fourth-order valence-electron chi connectivity index (χ4n) is 2.14. The normalized spacial score (nSPS) is 14.5. The lowest BCUT2D eigenvalue weighted by Gasteiger charge is -2.36. The molecular weight excluding hydrogens is 310 g/mol. The highest BCUT2D eigenvalue weighted by molar-refractivity contribution is 6.62. The molecule has 0 fully saturated rings. The Morgan fingerprint density at radius 3 is 1.73 bits per heavy atom. The maximum Gasteiger partial charge on any atom is 0.518 e. The largest absolute Gasteiger partial charge is 0.518 e. The minimum Gasteiger partial charge on any atom is -0.481 e. The molecule has 0 saturated carbocycles. The van der Waals surface area contributed by atoms with Crippen LogP contribution in [0.4, 0.5) is 0 Å². The molecule has 0 aromatic heterocycles. The number of aliphatic carboxylic acids is 2. The summed E-state index contributed by atoms with van der Waals surface area (Å²) in [5.41, 5.74) is -0.493. The molecule has 0 spiro atoms. The van der Waals surface area contributed by atoms with Crippen molar-refractivity contribution in [3.05, 3.63) is 0 Å². The highest BCUT2D eigenvalue weighted by Gasteiger charge is 2.49. The molecular formula is C13H27NO7Si. The van der Waals surface area contributed by atoms with E-state index in [0.29, 0.717) is 26.2 Å². The Kier molecular flexibility index (Phi) is 10.2. The Balaban J connectivity index is 5.32. The van der Waals surface area contributed by atoms with Gasteiger partial charge in [0.15, 0.2) is 0 Å². The van der Waals surface area contributed by atoms with Crippen molar-refractivity contribution in [2.75, 3.05) is 19.8 Å². The van der Waals surface area contributed by atoms with Gasteiger partial charge in [0.2, 0.25) is 0 Å². The lowest BCUT2D eigenvalue weighted by molar-refractivity contribution is -0.146. The molecule has 2 atom stereocenters. The average Bonchev–Trinajstić information content (AvgIpc) is 2.43. The number of hydrogen-bond donors (Lipinski definition) is 3. The summed E-state index contributed by atoms with van der Waals surface area (Å²) in [6, 6.07) is -1.23. The first-order valence-electron chi connectivity index (χ1n) is 7.49. The summed E-state index contributed by atoms with van der Waals surface area (Å²) in [7, 11) is -3.15. The van der Waals surface area contributed by atoms with E-state index in [1.807, 2.05) is 6.92 Å². The van der Waals surface area contributed by atoms with Crippen molar-refractivity contribution in [3.63, 3.8) is 0 Å². The van der Waals surface area contributed by atoms with Crippen molar-refractivity contribution >= 4 is 20.7 Å². The van der Waals surface area contributed by atoms with Gasteiger partial charge in [0.25, 0.3) is 0 Å². The molecule has 0 aliphatic carbocycles. The summed E-state index contributed by atoms with van der Waals surface area (Å²) >= 11 is 0. The Hall–Kier alpha value is -1.00. The number of nitrogens with one attached hydrogen (secondary N) is 1. The summed E-state index contributed by atoms with van der Waals surface area (Å²) in [5.74, 6) is -2.42. The molecule has 3 N–H and O–H groups in total. The summed E-state index contributed by atoms with van der Waals surface area (Å²) in [5, 5.41) is 20.9. The fourth-order valence-corrected chi connectivity index (χ4v) is 5.10. The van der Waals surface area contributed by atoms with E-state index >= 15 is 0 Å². The van der Waals surface area contributed by atoms with E-state index in [9.17, 15) is 14.7 Å². The van der Waals surface area contributed by atoms with E-state index in [1.54, 1.807) is 20.8 Å². The Morgan fingerprint density at radius 1 is 1.00 bits per heavy atom. The van der Waals surface area contributed by atoms with Gasteiger partial charge in [0, 0.05) is 19.8 Å². The van der Waals surface area contributed by atoms with E-state index in [4.69, 9.17) is 18.4 Å². The highest BCUT2D eigenvalue weighted by atomic mass is 28.4. The third-order valence-corrected chi connectivity index (χ3v) is 6.45. The predicted octanol–water partition coefficient (Wildman–Crippen LogP) is 0.870. The van der Waals surface area contributed by atoms with Gasteiger partial charge >= 0.3 is 20.7 Å². The van der Waals surface area contributed by atoms with Crippen LogP contribution in [0, 0.1) is 0 Å². The zero-order valence-corrected chi connectivity index (χ0v) is 14.6. The van der Waals surface area contributed by atoms with Gasteiger partial charge in [-0.1, -0.05) is 6.92 Å². The van der Waals surface area contributed by atoms with E-state index in [1.165, 1.54) is 0 Å². The van der Waals surface area contributed by atoms with Crippen molar-refractivity contribution in [3.8, 4) is 0 Å². The van der Waals surface area contributed by atoms with Crippen molar-refractivity contribution in [1.29, 1.82) is 0 Å². The maximum absolute atomic E-state index is 11.3. The first kappa shape index (κ1) is 21.0. The minimum absolute atomic E-state index is 0.362. The van der Waals surface area contributed by atoms with Gasteiger partial charge in [-0.05, 0) is 27.2 Å². The molecule has 0 aliphatic heterocycles. The van der Waals surface area contributed by atoms with E-state index < -0.39 is 38.9 Å². The SMILES string of the molecule is CCO[Si](OCC)(OCC)C(CC)NC(CC(=O)O)C(=O)O. The van der Waals surface area contributed by atoms with Crippen LogP contribution >= 0.6 is 0 Å². The van der Waals surface area contributed by atoms with Crippen LogP contribution < -0.4 is 5.32 Å². The topological polar surface area (TPSA) is 114 Å². The molecule has 8 nitrogen and oxygen atoms in total. The molecule has 0 radical (unpaired) electrons. The summed E-state index contributed by atoms with van der Waals surface area (Å²) in [6.07, 6.45) is -0.0314. The lowest BCUT2D eigenvalue weighted by atomic mass is 10.2. The van der Waals surface area contributed by atoms with Gasteiger partial charge in [-0.15, -0.1) is 0 Å². The van der Waals surface area contributed by atoms with Crippen molar-refractivity contribution in [1.82, 2.24) is 5.32 Å². The summed E-state index contributed by atoms with van der Waals surface area (Å²) in [6.45, 7) is 8.34. The molecule has 0 saturated heterocycles. The van der Waals surface area contributed by atoms with Crippen LogP contribution in [-0.4, -0.2) is 62.5 Å². The molecule has 0 aromatic carbocycles. The fraction of sp³-hybridized carbons (Fsp3) is 0.846. The van der Waals surface area contributed by atoms with E-state index in [2.05, 4.69) is 5.32 Å². The van der Waals surface area contributed by atoms with Crippen LogP contribution in [-0.2, 0) is 22.9 Å². The quantitative estimate of drug-likeness (QED) is 0.424. The van der Waals surface area contributed by atoms with Gasteiger partial charge in [0.05, 0.1) is 12.1 Å². The van der Waals surface area contributed by atoms with Crippen molar-refractivity contribution in [2.45, 2.75) is 52.2 Å². The first-order valence-corrected chi connectivity index (χ1v) is 9.29. The second-order valence-electron chi connectivity index (χ2n) is 4.52. The minimum atomic E-state index is -3.15. The molecule has 22 heavy (non-hydrogen) atoms. The zero-order chi connectivity index (χ0) is 17.2. The van der Waals surface area contributed by atoms with Crippen LogP contribution in [0.15, 0.2) is 0 Å². The molecule has 0 heterocycles. The number of carboxylic acid groups (broad SMARTS) is 2. The lowest BCUT2D eigenvalue weighted by Crippen LogP contribution is -2.64. The second-order valence-corrected chi connectivity index (χ2v) is 7.29. The van der Waals surface area contributed by atoms with Crippen LogP contribution in [0.25, 0.3) is 0 Å². The number of hydrogen-bond acceptors (Lipinski definition) is 6. The molecule has 0 rings (SSSR count). The molecule has 9 heteroatoms. The maximum atomic E-state index is 11.3. The van der Waals surface area contributed by atoms with Gasteiger partial charge < -0.3 is 23.5 Å². The van der Waals surface area contributed by atoms with Crippen molar-refractivity contribution < 1.29 is 33.1 Å². The van der Waals surface area contributed by atoms with Crippen LogP contribution in [0.1, 0.15) is 40.5 Å². The average molecular weight is 337 g/mol. The molecule has 0 aliphatic rings. The molecule has 130 valence electrons. The van der Waals surface area contributed by atoms with Gasteiger partial charge in [-0.3, -0.25) is 14.9 Å². The second kappa shape index (κ2) is 10.7. The molecule has 0 aromatic rings. The van der Waals surface area contributed by atoms with Gasteiger partial charge in [-0.2, -0.15) is 0 Å². The summed E-state index contributed by atoms with van der Waals surface area (Å²) < 4.78 is 17.2. The van der Waals surface area contributed by atoms with E-state index in [-0.39, 0.29) is 0 Å². The van der Waals surface area contributed by atoms with E-state index in [0.717, 1.165) is 0 Å². The molecule has 0 bridgehead atoms. The van der Waals surface area contributed by atoms with Crippen molar-refractivity contribution in [2.24, 2.45) is 0 Å². The third kappa shape index (κ3) is 6.40. The summed E-state index contributed by atoms with van der Waals surface area (Å²) in [4.78, 5) is 22.1. The predicted molar refractivity (Wildman–Crippen MR) is 81.5 cm³/mol. The van der Waals surface area contributed by atoms with Gasteiger partial charge in [0.1, 0.15) is 6.04 Å². The monoisotopic (exact) mass is 337 g/mol. The third-order valence-electron chi connectivity index (χ3n) is 2.95.